The van der Waals surface area contributed by atoms with E-state index in [1.165, 1.54) is 21.3 Å². The largest absolute Gasteiger partial charge is 0.492 e. The number of H-pyrrole nitrogens is 1. The van der Waals surface area contributed by atoms with Gasteiger partial charge in [-0.2, -0.15) is 9.40 Å². The van der Waals surface area contributed by atoms with Gasteiger partial charge in [-0.1, -0.05) is 13.5 Å². The number of sulfonamides is 1. The molecular weight excluding hydrogens is 486 g/mol. The Balaban J connectivity index is 1.83. The van der Waals surface area contributed by atoms with Crippen LogP contribution in [0.3, 0.4) is 0 Å². The number of hydrogen-bond donors (Lipinski definition) is 1. The molecule has 4 rings (SSSR count). The summed E-state index contributed by atoms with van der Waals surface area (Å²) in [7, 11) is -2.15. The first-order chi connectivity index (χ1) is 17.2. The molecule has 0 aromatic carbocycles. The van der Waals surface area contributed by atoms with E-state index >= 15 is 0 Å². The van der Waals surface area contributed by atoms with Crippen molar-refractivity contribution in [3.63, 3.8) is 0 Å². The third-order valence-electron chi connectivity index (χ3n) is 6.05. The van der Waals surface area contributed by atoms with Crippen molar-refractivity contribution in [2.75, 3.05) is 45.9 Å². The maximum Gasteiger partial charge on any atom is 0.279 e. The number of ether oxygens (including phenoxy) is 2. The summed E-state index contributed by atoms with van der Waals surface area (Å²) < 4.78 is 41.0. The van der Waals surface area contributed by atoms with Crippen LogP contribution in [0.15, 0.2) is 28.5 Å². The second-order valence-corrected chi connectivity index (χ2v) is 10.2. The smallest absolute Gasteiger partial charge is 0.279 e. The standard InChI is InChI=1S/C23H31N7O5S/c1-6-29-9-11-30(12-10-29)36(32,33)16-13-17(23(24-14-16)35-8-3)21-25-18-19(22(31)26-21)27-28(5)20(18)15(4)34-7-2/h13-14H,4,6-12H2,1-3,5H3,(H,25,26,31). The molecule has 36 heavy (non-hydrogen) atoms. The molecule has 3 aromatic rings. The second kappa shape index (κ2) is 10.4. The van der Waals surface area contributed by atoms with Gasteiger partial charge >= 0.3 is 0 Å². The van der Waals surface area contributed by atoms with Crippen molar-refractivity contribution in [3.05, 3.63) is 34.9 Å². The fraction of sp³-hybridized carbons (Fsp3) is 0.478. The zero-order valence-corrected chi connectivity index (χ0v) is 21.8. The Kier molecular flexibility index (Phi) is 7.43. The van der Waals surface area contributed by atoms with Gasteiger partial charge in [-0.15, -0.1) is 0 Å². The maximum atomic E-state index is 13.4. The fourth-order valence-electron chi connectivity index (χ4n) is 4.19. The quantitative estimate of drug-likeness (QED) is 0.418. The van der Waals surface area contributed by atoms with Gasteiger partial charge in [0.1, 0.15) is 27.7 Å². The number of hydrogen-bond acceptors (Lipinski definition) is 9. The van der Waals surface area contributed by atoms with E-state index in [0.717, 1.165) is 6.54 Å². The number of rotatable bonds is 9. The highest BCUT2D eigenvalue weighted by Gasteiger charge is 2.30. The van der Waals surface area contributed by atoms with Crippen LogP contribution in [-0.2, 0) is 21.8 Å². The van der Waals surface area contributed by atoms with Gasteiger partial charge in [0, 0.05) is 33.2 Å². The molecule has 0 amide bonds. The van der Waals surface area contributed by atoms with Crippen molar-refractivity contribution in [1.29, 1.82) is 0 Å². The topological polar surface area (TPSA) is 136 Å². The lowest BCUT2D eigenvalue weighted by molar-refractivity contribution is 0.196. The van der Waals surface area contributed by atoms with E-state index in [1.54, 1.807) is 14.0 Å². The number of aromatic amines is 1. The fourth-order valence-corrected chi connectivity index (χ4v) is 5.59. The van der Waals surface area contributed by atoms with Crippen LogP contribution >= 0.6 is 0 Å². The molecule has 0 saturated carbocycles. The van der Waals surface area contributed by atoms with Crippen LogP contribution < -0.4 is 10.3 Å². The van der Waals surface area contributed by atoms with Gasteiger partial charge in [0.05, 0.1) is 25.0 Å². The Morgan fingerprint density at radius 2 is 1.86 bits per heavy atom. The number of nitrogens with one attached hydrogen (secondary N) is 1. The van der Waals surface area contributed by atoms with Crippen molar-refractivity contribution >= 4 is 26.8 Å². The minimum atomic E-state index is -3.82. The number of fused-ring (bicyclic) bond motifs is 1. The molecule has 1 fully saturated rings. The normalized spacial score (nSPS) is 15.3. The van der Waals surface area contributed by atoms with Crippen LogP contribution in [0.4, 0.5) is 0 Å². The first kappa shape index (κ1) is 25.8. The number of pyridine rings is 1. The summed E-state index contributed by atoms with van der Waals surface area (Å²) in [5.41, 5.74) is 0.595. The summed E-state index contributed by atoms with van der Waals surface area (Å²) in [6, 6.07) is 1.44. The van der Waals surface area contributed by atoms with E-state index in [-0.39, 0.29) is 39.8 Å². The molecule has 0 aliphatic carbocycles. The summed E-state index contributed by atoms with van der Waals surface area (Å²) in [6.45, 7) is 13.2. The first-order valence-corrected chi connectivity index (χ1v) is 13.3. The third kappa shape index (κ3) is 4.73. The number of aryl methyl sites for hydroxylation is 1. The SMILES string of the molecule is C=C(OCC)c1c2nc(-c3cc(S(=O)(=O)N4CCN(CC)CC4)cnc3OCC)[nH]c(=O)c2nn1C. The molecule has 0 unspecified atom stereocenters. The minimum absolute atomic E-state index is 0.00113. The van der Waals surface area contributed by atoms with Gasteiger partial charge in [0.2, 0.25) is 15.9 Å². The molecule has 0 spiro atoms. The average molecular weight is 518 g/mol. The Hall–Kier alpha value is -3.29. The van der Waals surface area contributed by atoms with E-state index in [2.05, 4.69) is 38.5 Å². The van der Waals surface area contributed by atoms with Crippen molar-refractivity contribution in [1.82, 2.24) is 33.9 Å². The molecular formula is C23H31N7O5S. The van der Waals surface area contributed by atoms with Gasteiger partial charge in [0.15, 0.2) is 5.52 Å². The minimum Gasteiger partial charge on any atom is -0.492 e. The predicted octanol–water partition coefficient (Wildman–Crippen LogP) is 1.45. The summed E-state index contributed by atoms with van der Waals surface area (Å²) in [6.07, 6.45) is 1.28. The van der Waals surface area contributed by atoms with Crippen molar-refractivity contribution < 1.29 is 17.9 Å². The zero-order chi connectivity index (χ0) is 26.0. The number of likely N-dealkylation sites (N-methyl/N-ethyl adjacent to an activating group) is 1. The number of aromatic nitrogens is 5. The molecule has 1 aliphatic heterocycles. The molecule has 0 atom stereocenters. The summed E-state index contributed by atoms with van der Waals surface area (Å²) in [5.74, 6) is 0.580. The van der Waals surface area contributed by atoms with Crippen LogP contribution in [0.25, 0.3) is 28.2 Å². The lowest BCUT2D eigenvalue weighted by Gasteiger charge is -2.33. The summed E-state index contributed by atoms with van der Waals surface area (Å²) in [5, 5.41) is 4.26. The highest BCUT2D eigenvalue weighted by Crippen LogP contribution is 2.31. The van der Waals surface area contributed by atoms with Crippen LogP contribution in [0, 0.1) is 0 Å². The van der Waals surface area contributed by atoms with Gasteiger partial charge < -0.3 is 19.4 Å². The molecule has 12 nitrogen and oxygen atoms in total. The highest BCUT2D eigenvalue weighted by atomic mass is 32.2. The maximum absolute atomic E-state index is 13.4. The van der Waals surface area contributed by atoms with E-state index in [0.29, 0.717) is 44.2 Å². The molecule has 1 saturated heterocycles. The van der Waals surface area contributed by atoms with Crippen molar-refractivity contribution in [2.24, 2.45) is 7.05 Å². The predicted molar refractivity (Wildman–Crippen MR) is 135 cm³/mol. The Labute approximate surface area is 209 Å². The van der Waals surface area contributed by atoms with Crippen LogP contribution in [-0.4, -0.2) is 88.3 Å². The summed E-state index contributed by atoms with van der Waals surface area (Å²) in [4.78, 5) is 26.7. The lowest BCUT2D eigenvalue weighted by atomic mass is 10.2. The molecule has 1 aliphatic rings. The lowest BCUT2D eigenvalue weighted by Crippen LogP contribution is -2.48. The number of nitrogens with zero attached hydrogens (tertiary/aromatic N) is 6. The molecule has 0 radical (unpaired) electrons. The number of piperazine rings is 1. The van der Waals surface area contributed by atoms with Gasteiger partial charge in [-0.05, 0) is 26.5 Å². The Morgan fingerprint density at radius 1 is 1.14 bits per heavy atom. The third-order valence-corrected chi connectivity index (χ3v) is 7.92. The molecule has 3 aromatic heterocycles. The van der Waals surface area contributed by atoms with Crippen LogP contribution in [0.1, 0.15) is 26.5 Å². The zero-order valence-electron chi connectivity index (χ0n) is 20.9. The molecule has 1 N–H and O–H groups in total. The van der Waals surface area contributed by atoms with Gasteiger partial charge in [0.25, 0.3) is 5.56 Å². The van der Waals surface area contributed by atoms with E-state index in [1.807, 2.05) is 6.92 Å². The summed E-state index contributed by atoms with van der Waals surface area (Å²) >= 11 is 0. The van der Waals surface area contributed by atoms with Crippen LogP contribution in [0.5, 0.6) is 5.88 Å². The molecule has 4 heterocycles. The van der Waals surface area contributed by atoms with E-state index in [4.69, 9.17) is 9.47 Å². The molecule has 194 valence electrons. The van der Waals surface area contributed by atoms with Gasteiger partial charge in [-0.25, -0.2) is 18.4 Å². The Bertz CT molecular complexity index is 1440. The monoisotopic (exact) mass is 517 g/mol. The van der Waals surface area contributed by atoms with E-state index in [9.17, 15) is 13.2 Å². The van der Waals surface area contributed by atoms with Crippen molar-refractivity contribution in [3.8, 4) is 17.3 Å². The van der Waals surface area contributed by atoms with Crippen LogP contribution in [0.2, 0.25) is 0 Å². The Morgan fingerprint density at radius 3 is 2.50 bits per heavy atom. The van der Waals surface area contributed by atoms with Crippen molar-refractivity contribution in [2.45, 2.75) is 25.7 Å². The first-order valence-electron chi connectivity index (χ1n) is 11.9. The average Bonchev–Trinajstić information content (AvgIpc) is 3.21. The molecule has 13 heteroatoms. The van der Waals surface area contributed by atoms with E-state index < -0.39 is 15.6 Å². The molecule has 0 bridgehead atoms. The highest BCUT2D eigenvalue weighted by molar-refractivity contribution is 7.89. The second-order valence-electron chi connectivity index (χ2n) is 8.24. The van der Waals surface area contributed by atoms with Gasteiger partial charge in [-0.3, -0.25) is 9.48 Å².